The van der Waals surface area contributed by atoms with E-state index in [0.717, 1.165) is 11.8 Å². The van der Waals surface area contributed by atoms with Gasteiger partial charge >= 0.3 is 5.97 Å². The number of aliphatic carboxylic acids is 1. The van der Waals surface area contributed by atoms with Gasteiger partial charge in [-0.1, -0.05) is 18.7 Å². The zero-order valence-corrected chi connectivity index (χ0v) is 6.77. The third-order valence-electron chi connectivity index (χ3n) is 0.954. The quantitative estimate of drug-likeness (QED) is 0.675. The summed E-state index contributed by atoms with van der Waals surface area (Å²) >= 11 is 0.869. The molecule has 0 saturated carbocycles. The van der Waals surface area contributed by atoms with E-state index >= 15 is 0 Å². The summed E-state index contributed by atoms with van der Waals surface area (Å²) in [5, 5.41) is 7.73. The molecule has 0 heterocycles. The maximum absolute atomic E-state index is 10.4. The predicted molar refractivity (Wildman–Crippen MR) is 40.0 cm³/mol. The molecule has 0 aromatic rings. The minimum atomic E-state index is -0.914. The molecular formula is C6H10O3S. The van der Waals surface area contributed by atoms with Crippen LogP contribution in [-0.4, -0.2) is 21.4 Å². The molecule has 0 aliphatic carbocycles. The SMILES string of the molecule is CCC(SC(C)=O)C(=O)O. The van der Waals surface area contributed by atoms with Gasteiger partial charge in [-0.05, 0) is 6.42 Å². The maximum atomic E-state index is 10.4. The van der Waals surface area contributed by atoms with Crippen LogP contribution in [0.3, 0.4) is 0 Å². The van der Waals surface area contributed by atoms with Gasteiger partial charge in [0, 0.05) is 6.92 Å². The number of carbonyl (C=O) groups is 2. The van der Waals surface area contributed by atoms with Crippen LogP contribution < -0.4 is 0 Å². The highest BCUT2D eigenvalue weighted by Gasteiger charge is 2.16. The zero-order chi connectivity index (χ0) is 8.15. The van der Waals surface area contributed by atoms with Gasteiger partial charge in [-0.25, -0.2) is 0 Å². The van der Waals surface area contributed by atoms with Crippen molar-refractivity contribution in [1.82, 2.24) is 0 Å². The Labute approximate surface area is 63.8 Å². The van der Waals surface area contributed by atoms with Gasteiger partial charge in [0.05, 0.1) is 0 Å². The molecule has 1 unspecified atom stereocenters. The third kappa shape index (κ3) is 3.50. The Balaban J connectivity index is 3.83. The largest absolute Gasteiger partial charge is 0.480 e. The second kappa shape index (κ2) is 4.33. The summed E-state index contributed by atoms with van der Waals surface area (Å²) in [5.74, 6) is -0.914. The Morgan fingerprint density at radius 1 is 1.60 bits per heavy atom. The second-order valence-electron chi connectivity index (χ2n) is 1.84. The summed E-state index contributed by atoms with van der Waals surface area (Å²) in [7, 11) is 0. The molecule has 0 saturated heterocycles. The summed E-state index contributed by atoms with van der Waals surface area (Å²) < 4.78 is 0. The average Bonchev–Trinajstić information content (AvgIpc) is 1.81. The topological polar surface area (TPSA) is 54.4 Å². The first kappa shape index (κ1) is 9.49. The van der Waals surface area contributed by atoms with Crippen molar-refractivity contribution in [3.05, 3.63) is 0 Å². The van der Waals surface area contributed by atoms with Crippen molar-refractivity contribution in [1.29, 1.82) is 0 Å². The first-order chi connectivity index (χ1) is 4.57. The average molecular weight is 162 g/mol. The fourth-order valence-corrected chi connectivity index (χ4v) is 1.18. The number of hydrogen-bond acceptors (Lipinski definition) is 3. The molecular weight excluding hydrogens is 152 g/mol. The molecule has 0 aromatic carbocycles. The van der Waals surface area contributed by atoms with Gasteiger partial charge in [-0.2, -0.15) is 0 Å². The fourth-order valence-electron chi connectivity index (χ4n) is 0.509. The van der Waals surface area contributed by atoms with E-state index < -0.39 is 11.2 Å². The van der Waals surface area contributed by atoms with Crippen molar-refractivity contribution in [3.63, 3.8) is 0 Å². The highest BCUT2D eigenvalue weighted by atomic mass is 32.2. The molecule has 0 amide bonds. The van der Waals surface area contributed by atoms with Gasteiger partial charge in [-0.15, -0.1) is 0 Å². The number of carboxylic acid groups (broad SMARTS) is 1. The minimum Gasteiger partial charge on any atom is -0.480 e. The van der Waals surface area contributed by atoms with E-state index in [-0.39, 0.29) is 5.12 Å². The van der Waals surface area contributed by atoms with Crippen molar-refractivity contribution in [2.75, 3.05) is 0 Å². The standard InChI is InChI=1S/C6H10O3S/c1-3-5(6(8)9)10-4(2)7/h5H,3H2,1-2H3,(H,8,9). The van der Waals surface area contributed by atoms with Gasteiger partial charge in [-0.3, -0.25) is 9.59 Å². The molecule has 0 fully saturated rings. The minimum absolute atomic E-state index is 0.144. The summed E-state index contributed by atoms with van der Waals surface area (Å²) in [6.07, 6.45) is 0.486. The number of hydrogen-bond donors (Lipinski definition) is 1. The van der Waals surface area contributed by atoms with Crippen LogP contribution in [0, 0.1) is 0 Å². The maximum Gasteiger partial charge on any atom is 0.317 e. The van der Waals surface area contributed by atoms with Crippen LogP contribution in [0.5, 0.6) is 0 Å². The van der Waals surface area contributed by atoms with Crippen molar-refractivity contribution in [2.45, 2.75) is 25.5 Å². The number of carboxylic acids is 1. The van der Waals surface area contributed by atoms with Crippen molar-refractivity contribution < 1.29 is 14.7 Å². The van der Waals surface area contributed by atoms with Crippen molar-refractivity contribution in [3.8, 4) is 0 Å². The second-order valence-corrected chi connectivity index (χ2v) is 3.22. The molecule has 3 nitrogen and oxygen atoms in total. The number of thioether (sulfide) groups is 1. The Hall–Kier alpha value is -0.510. The summed E-state index contributed by atoms with van der Waals surface area (Å²) in [4.78, 5) is 20.7. The molecule has 0 aliphatic rings. The predicted octanol–water partition coefficient (Wildman–Crippen LogP) is 1.13. The highest BCUT2D eigenvalue weighted by Crippen LogP contribution is 2.14. The van der Waals surface area contributed by atoms with E-state index in [1.165, 1.54) is 6.92 Å². The number of rotatable bonds is 3. The first-order valence-electron chi connectivity index (χ1n) is 2.98. The first-order valence-corrected chi connectivity index (χ1v) is 3.86. The van der Waals surface area contributed by atoms with Gasteiger partial charge in [0.1, 0.15) is 5.25 Å². The van der Waals surface area contributed by atoms with Crippen LogP contribution in [-0.2, 0) is 9.59 Å². The van der Waals surface area contributed by atoms with Crippen LogP contribution in [0.25, 0.3) is 0 Å². The molecule has 0 bridgehead atoms. The normalized spacial score (nSPS) is 12.6. The lowest BCUT2D eigenvalue weighted by Gasteiger charge is -2.04. The van der Waals surface area contributed by atoms with E-state index in [9.17, 15) is 9.59 Å². The zero-order valence-electron chi connectivity index (χ0n) is 5.96. The van der Waals surface area contributed by atoms with Crippen molar-refractivity contribution in [2.24, 2.45) is 0 Å². The molecule has 4 heteroatoms. The summed E-state index contributed by atoms with van der Waals surface area (Å²) in [6.45, 7) is 3.12. The van der Waals surface area contributed by atoms with Gasteiger partial charge in [0.15, 0.2) is 5.12 Å². The molecule has 1 atom stereocenters. The molecule has 0 rings (SSSR count). The Morgan fingerprint density at radius 2 is 2.10 bits per heavy atom. The van der Waals surface area contributed by atoms with E-state index in [1.54, 1.807) is 6.92 Å². The Kier molecular flexibility index (Phi) is 4.11. The highest BCUT2D eigenvalue weighted by molar-refractivity contribution is 8.14. The van der Waals surface area contributed by atoms with Gasteiger partial charge in [0.25, 0.3) is 0 Å². The lowest BCUT2D eigenvalue weighted by molar-refractivity contribution is -0.136. The monoisotopic (exact) mass is 162 g/mol. The fraction of sp³-hybridized carbons (Fsp3) is 0.667. The molecule has 0 radical (unpaired) electrons. The van der Waals surface area contributed by atoms with Crippen LogP contribution in [0.2, 0.25) is 0 Å². The van der Waals surface area contributed by atoms with Crippen molar-refractivity contribution >= 4 is 22.8 Å². The number of carbonyl (C=O) groups excluding carboxylic acids is 1. The Morgan fingerprint density at radius 3 is 2.20 bits per heavy atom. The van der Waals surface area contributed by atoms with Gasteiger partial charge < -0.3 is 5.11 Å². The molecule has 0 spiro atoms. The Bertz CT molecular complexity index is 144. The summed E-state index contributed by atoms with van der Waals surface area (Å²) in [5.41, 5.74) is 0. The molecule has 58 valence electrons. The van der Waals surface area contributed by atoms with E-state index in [4.69, 9.17) is 5.11 Å². The van der Waals surface area contributed by atoms with Gasteiger partial charge in [0.2, 0.25) is 0 Å². The smallest absolute Gasteiger partial charge is 0.317 e. The summed E-state index contributed by atoms with van der Waals surface area (Å²) in [6, 6.07) is 0. The molecule has 1 N–H and O–H groups in total. The van der Waals surface area contributed by atoms with Crippen LogP contribution in [0.4, 0.5) is 0 Å². The van der Waals surface area contributed by atoms with E-state index in [0.29, 0.717) is 6.42 Å². The van der Waals surface area contributed by atoms with Crippen LogP contribution in [0.1, 0.15) is 20.3 Å². The molecule has 0 aromatic heterocycles. The van der Waals surface area contributed by atoms with Crippen LogP contribution >= 0.6 is 11.8 Å². The molecule has 10 heavy (non-hydrogen) atoms. The van der Waals surface area contributed by atoms with E-state index in [1.807, 2.05) is 0 Å². The lowest BCUT2D eigenvalue weighted by atomic mass is 10.3. The van der Waals surface area contributed by atoms with E-state index in [2.05, 4.69) is 0 Å². The van der Waals surface area contributed by atoms with Crippen LogP contribution in [0.15, 0.2) is 0 Å². The molecule has 0 aliphatic heterocycles. The third-order valence-corrected chi connectivity index (χ3v) is 2.11. The lowest BCUT2D eigenvalue weighted by Crippen LogP contribution is -2.16.